The summed E-state index contributed by atoms with van der Waals surface area (Å²) >= 11 is 5.59. The van der Waals surface area contributed by atoms with Crippen LogP contribution in [0.4, 0.5) is 0 Å². The van der Waals surface area contributed by atoms with Crippen LogP contribution < -0.4 is 11.0 Å². The summed E-state index contributed by atoms with van der Waals surface area (Å²) in [7, 11) is -0.294. The van der Waals surface area contributed by atoms with Gasteiger partial charge in [-0.05, 0) is 6.07 Å². The largest absolute Gasteiger partial charge is 0.494 e. The normalized spacial score (nSPS) is 10.0. The summed E-state index contributed by atoms with van der Waals surface area (Å²) in [5.74, 6) is 0. The van der Waals surface area contributed by atoms with E-state index >= 15 is 0 Å². The molecule has 0 aliphatic carbocycles. The molecule has 0 unspecified atom stereocenters. The fourth-order valence-corrected chi connectivity index (χ4v) is 0.969. The van der Waals surface area contributed by atoms with Crippen LogP contribution in [0.25, 0.3) is 0 Å². The third kappa shape index (κ3) is 1.53. The molecule has 4 nitrogen and oxygen atoms in total. The zero-order chi connectivity index (χ0) is 9.30. The minimum absolute atomic E-state index is 0.0816. The first kappa shape index (κ1) is 9.31. The van der Waals surface area contributed by atoms with E-state index in [4.69, 9.17) is 21.6 Å². The molecule has 0 aliphatic rings. The third-order valence-electron chi connectivity index (χ3n) is 1.55. The standard InChI is InChI=1S/C6H7BClNO3/c1-9-5(8)3-2-4(6(9)10)7(11)12/h2-3,11-12H,1H3. The molecule has 0 bridgehead atoms. The Balaban J connectivity index is 3.37. The van der Waals surface area contributed by atoms with Gasteiger partial charge in [-0.1, -0.05) is 17.7 Å². The van der Waals surface area contributed by atoms with Crippen molar-refractivity contribution in [2.75, 3.05) is 0 Å². The van der Waals surface area contributed by atoms with Gasteiger partial charge in [0.2, 0.25) is 0 Å². The lowest BCUT2D eigenvalue weighted by Crippen LogP contribution is -2.45. The average Bonchev–Trinajstić information content (AvgIpc) is 2.00. The fraction of sp³-hybridized carbons (Fsp3) is 0.167. The summed E-state index contributed by atoms with van der Waals surface area (Å²) in [4.78, 5) is 11.2. The first-order valence-electron chi connectivity index (χ1n) is 3.25. The van der Waals surface area contributed by atoms with E-state index in [1.54, 1.807) is 0 Å². The number of hydrogen-bond acceptors (Lipinski definition) is 3. The Morgan fingerprint density at radius 3 is 2.58 bits per heavy atom. The van der Waals surface area contributed by atoms with Crippen LogP contribution in [-0.2, 0) is 7.05 Å². The number of pyridine rings is 1. The molecule has 1 rings (SSSR count). The SMILES string of the molecule is Cn1c(Cl)ccc(B(O)O)c1=O. The Bertz CT molecular complexity index is 349. The van der Waals surface area contributed by atoms with Crippen LogP contribution in [0.3, 0.4) is 0 Å². The molecule has 12 heavy (non-hydrogen) atoms. The van der Waals surface area contributed by atoms with Crippen molar-refractivity contribution in [1.82, 2.24) is 4.57 Å². The number of rotatable bonds is 1. The van der Waals surface area contributed by atoms with Gasteiger partial charge in [0.05, 0.1) is 0 Å². The first-order chi connectivity index (χ1) is 5.54. The van der Waals surface area contributed by atoms with Crippen molar-refractivity contribution in [3.8, 4) is 0 Å². The van der Waals surface area contributed by atoms with Crippen molar-refractivity contribution >= 4 is 24.2 Å². The highest BCUT2D eigenvalue weighted by Crippen LogP contribution is 2.00. The highest BCUT2D eigenvalue weighted by molar-refractivity contribution is 6.58. The van der Waals surface area contributed by atoms with E-state index in [1.165, 1.54) is 19.2 Å². The Kier molecular flexibility index (Phi) is 2.57. The summed E-state index contributed by atoms with van der Waals surface area (Å²) < 4.78 is 1.14. The minimum Gasteiger partial charge on any atom is -0.423 e. The molecule has 0 aromatic carbocycles. The van der Waals surface area contributed by atoms with Gasteiger partial charge in [-0.3, -0.25) is 4.79 Å². The molecule has 64 valence electrons. The van der Waals surface area contributed by atoms with Crippen LogP contribution in [0.5, 0.6) is 0 Å². The molecule has 0 aliphatic heterocycles. The zero-order valence-corrected chi connectivity index (χ0v) is 7.12. The van der Waals surface area contributed by atoms with E-state index in [2.05, 4.69) is 0 Å². The predicted octanol–water partition coefficient (Wildman–Crippen LogP) is -1.28. The van der Waals surface area contributed by atoms with Crippen LogP contribution in [-0.4, -0.2) is 21.7 Å². The second kappa shape index (κ2) is 3.31. The number of halogens is 1. The van der Waals surface area contributed by atoms with Crippen molar-refractivity contribution < 1.29 is 10.0 Å². The molecule has 0 saturated heterocycles. The highest BCUT2D eigenvalue weighted by Gasteiger charge is 2.16. The van der Waals surface area contributed by atoms with E-state index in [0.717, 1.165) is 4.57 Å². The Morgan fingerprint density at radius 2 is 2.08 bits per heavy atom. The monoisotopic (exact) mass is 187 g/mol. The maximum Gasteiger partial charge on any atom is 0.494 e. The summed E-state index contributed by atoms with van der Waals surface area (Å²) in [6.45, 7) is 0. The van der Waals surface area contributed by atoms with Gasteiger partial charge in [-0.2, -0.15) is 0 Å². The molecule has 0 amide bonds. The van der Waals surface area contributed by atoms with Gasteiger partial charge in [0.1, 0.15) is 5.15 Å². The molecular formula is C6H7BClNO3. The lowest BCUT2D eigenvalue weighted by molar-refractivity contribution is 0.425. The number of nitrogens with zero attached hydrogens (tertiary/aromatic N) is 1. The topological polar surface area (TPSA) is 62.5 Å². The molecule has 0 saturated carbocycles. The molecule has 6 heteroatoms. The van der Waals surface area contributed by atoms with Gasteiger partial charge in [0, 0.05) is 12.5 Å². The molecule has 1 heterocycles. The van der Waals surface area contributed by atoms with Gasteiger partial charge in [0.15, 0.2) is 0 Å². The zero-order valence-electron chi connectivity index (χ0n) is 6.36. The van der Waals surface area contributed by atoms with Crippen LogP contribution in [0.1, 0.15) is 0 Å². The van der Waals surface area contributed by atoms with Crippen molar-refractivity contribution in [3.05, 3.63) is 27.6 Å². The Hall–Kier alpha value is -0.775. The smallest absolute Gasteiger partial charge is 0.423 e. The van der Waals surface area contributed by atoms with Gasteiger partial charge in [-0.25, -0.2) is 0 Å². The lowest BCUT2D eigenvalue weighted by atomic mass is 9.81. The van der Waals surface area contributed by atoms with E-state index in [-0.39, 0.29) is 10.6 Å². The van der Waals surface area contributed by atoms with Crippen molar-refractivity contribution in [1.29, 1.82) is 0 Å². The first-order valence-corrected chi connectivity index (χ1v) is 3.63. The molecule has 0 fully saturated rings. The number of aromatic nitrogens is 1. The van der Waals surface area contributed by atoms with Gasteiger partial charge < -0.3 is 14.6 Å². The van der Waals surface area contributed by atoms with E-state index in [9.17, 15) is 4.79 Å². The van der Waals surface area contributed by atoms with Gasteiger partial charge >= 0.3 is 7.12 Å². The highest BCUT2D eigenvalue weighted by atomic mass is 35.5. The van der Waals surface area contributed by atoms with Crippen LogP contribution in [0, 0.1) is 0 Å². The van der Waals surface area contributed by atoms with Crippen molar-refractivity contribution in [3.63, 3.8) is 0 Å². The minimum atomic E-state index is -1.75. The predicted molar refractivity (Wildman–Crippen MR) is 46.5 cm³/mol. The third-order valence-corrected chi connectivity index (χ3v) is 1.93. The van der Waals surface area contributed by atoms with Crippen molar-refractivity contribution in [2.45, 2.75) is 0 Å². The Morgan fingerprint density at radius 1 is 1.50 bits per heavy atom. The second-order valence-corrected chi connectivity index (χ2v) is 2.74. The number of hydrogen-bond donors (Lipinski definition) is 2. The summed E-state index contributed by atoms with van der Waals surface area (Å²) in [6, 6.07) is 2.72. The molecule has 2 N–H and O–H groups in total. The summed E-state index contributed by atoms with van der Waals surface area (Å²) in [5, 5.41) is 17.7. The molecule has 0 spiro atoms. The molecule has 0 atom stereocenters. The van der Waals surface area contributed by atoms with Crippen LogP contribution in [0.2, 0.25) is 5.15 Å². The van der Waals surface area contributed by atoms with Gasteiger partial charge in [0.25, 0.3) is 5.56 Å². The molecule has 1 aromatic heterocycles. The Labute approximate surface area is 74.2 Å². The maximum absolute atomic E-state index is 11.2. The molecule has 0 radical (unpaired) electrons. The quantitative estimate of drug-likeness (QED) is 0.425. The van der Waals surface area contributed by atoms with Gasteiger partial charge in [-0.15, -0.1) is 0 Å². The molecule has 1 aromatic rings. The lowest BCUT2D eigenvalue weighted by Gasteiger charge is -2.03. The van der Waals surface area contributed by atoms with E-state index in [0.29, 0.717) is 0 Å². The molecular weight excluding hydrogens is 180 g/mol. The second-order valence-electron chi connectivity index (χ2n) is 2.35. The maximum atomic E-state index is 11.2. The average molecular weight is 187 g/mol. The van der Waals surface area contributed by atoms with E-state index in [1.807, 2.05) is 0 Å². The van der Waals surface area contributed by atoms with E-state index < -0.39 is 12.7 Å². The fourth-order valence-electron chi connectivity index (χ4n) is 0.829. The summed E-state index contributed by atoms with van der Waals surface area (Å²) in [6.07, 6.45) is 0. The van der Waals surface area contributed by atoms with Crippen molar-refractivity contribution in [2.24, 2.45) is 7.05 Å². The van der Waals surface area contributed by atoms with Crippen LogP contribution in [0.15, 0.2) is 16.9 Å². The van der Waals surface area contributed by atoms with Crippen LogP contribution >= 0.6 is 11.6 Å². The summed E-state index contributed by atoms with van der Waals surface area (Å²) in [5.41, 5.74) is -0.584.